The van der Waals surface area contributed by atoms with Crippen molar-refractivity contribution in [1.82, 2.24) is 9.88 Å². The Hall–Kier alpha value is -2.96. The molecule has 0 bridgehead atoms. The highest BCUT2D eigenvalue weighted by Gasteiger charge is 2.13. The molecule has 2 rings (SSSR count). The zero-order chi connectivity index (χ0) is 18.9. The maximum absolute atomic E-state index is 12.4. The van der Waals surface area contributed by atoms with Gasteiger partial charge in [0.2, 0.25) is 5.88 Å². The number of carbonyl (C=O) groups is 1. The molecule has 1 aromatic heterocycles. The van der Waals surface area contributed by atoms with Gasteiger partial charge in [0.1, 0.15) is 5.69 Å². The van der Waals surface area contributed by atoms with Gasteiger partial charge in [-0.1, -0.05) is 6.07 Å². The van der Waals surface area contributed by atoms with Crippen LogP contribution in [0.25, 0.3) is 0 Å². The third kappa shape index (κ3) is 5.02. The Bertz CT molecular complexity index is 736. The Balaban J connectivity index is 1.95. The second-order valence-electron chi connectivity index (χ2n) is 5.58. The third-order valence-corrected chi connectivity index (χ3v) is 3.82. The lowest BCUT2D eigenvalue weighted by Crippen LogP contribution is -2.33. The number of likely N-dealkylation sites (N-methyl/N-ethyl adjacent to an activating group) is 1. The van der Waals surface area contributed by atoms with Crippen LogP contribution in [-0.4, -0.2) is 50.3 Å². The minimum Gasteiger partial charge on any atom is -0.493 e. The van der Waals surface area contributed by atoms with Crippen LogP contribution in [0.5, 0.6) is 17.4 Å². The van der Waals surface area contributed by atoms with Gasteiger partial charge in [-0.25, -0.2) is 9.78 Å². The van der Waals surface area contributed by atoms with Crippen molar-refractivity contribution in [3.05, 3.63) is 42.1 Å². The summed E-state index contributed by atoms with van der Waals surface area (Å²) in [6, 6.07) is 9.03. The molecule has 140 valence electrons. The summed E-state index contributed by atoms with van der Waals surface area (Å²) in [7, 11) is 4.95. The molecule has 2 aromatic rings. The van der Waals surface area contributed by atoms with E-state index >= 15 is 0 Å². The van der Waals surface area contributed by atoms with Crippen LogP contribution >= 0.6 is 0 Å². The predicted molar refractivity (Wildman–Crippen MR) is 100 cm³/mol. The number of urea groups is 1. The first-order chi connectivity index (χ1) is 12.6. The molecule has 0 aliphatic heterocycles. The van der Waals surface area contributed by atoms with E-state index in [4.69, 9.17) is 14.2 Å². The molecule has 0 spiro atoms. The summed E-state index contributed by atoms with van der Waals surface area (Å²) >= 11 is 0. The van der Waals surface area contributed by atoms with Crippen molar-refractivity contribution in [2.45, 2.75) is 13.3 Å². The molecule has 1 N–H and O–H groups in total. The zero-order valence-electron chi connectivity index (χ0n) is 15.6. The number of benzene rings is 1. The van der Waals surface area contributed by atoms with E-state index in [1.165, 1.54) is 0 Å². The Labute approximate surface area is 153 Å². The SMILES string of the molecule is CCOc1ncccc1NC(=O)N(C)CCc1ccc(OC)c(OC)c1. The second-order valence-corrected chi connectivity index (χ2v) is 5.58. The van der Waals surface area contributed by atoms with E-state index in [0.29, 0.717) is 42.6 Å². The van der Waals surface area contributed by atoms with Crippen LogP contribution < -0.4 is 19.5 Å². The molecule has 2 amide bonds. The minimum absolute atomic E-state index is 0.223. The fraction of sp³-hybridized carbons (Fsp3) is 0.368. The van der Waals surface area contributed by atoms with E-state index in [0.717, 1.165) is 5.56 Å². The second kappa shape index (κ2) is 9.50. The van der Waals surface area contributed by atoms with Crippen molar-refractivity contribution in [3.8, 4) is 17.4 Å². The van der Waals surface area contributed by atoms with Crippen LogP contribution in [0.4, 0.5) is 10.5 Å². The Morgan fingerprint density at radius 2 is 1.96 bits per heavy atom. The average Bonchev–Trinajstić information content (AvgIpc) is 2.67. The quantitative estimate of drug-likeness (QED) is 0.783. The number of amides is 2. The van der Waals surface area contributed by atoms with Crippen LogP contribution in [0.3, 0.4) is 0 Å². The summed E-state index contributed by atoms with van der Waals surface area (Å²) in [6.07, 6.45) is 2.32. The highest BCUT2D eigenvalue weighted by Crippen LogP contribution is 2.27. The zero-order valence-corrected chi connectivity index (χ0v) is 15.6. The smallest absolute Gasteiger partial charge is 0.321 e. The first-order valence-corrected chi connectivity index (χ1v) is 8.39. The summed E-state index contributed by atoms with van der Waals surface area (Å²) in [6.45, 7) is 2.90. The number of hydrogen-bond donors (Lipinski definition) is 1. The van der Waals surface area contributed by atoms with Gasteiger partial charge < -0.3 is 24.4 Å². The number of aromatic nitrogens is 1. The maximum atomic E-state index is 12.4. The molecule has 0 fully saturated rings. The fourth-order valence-electron chi connectivity index (χ4n) is 2.38. The lowest BCUT2D eigenvalue weighted by atomic mass is 10.1. The van der Waals surface area contributed by atoms with Gasteiger partial charge in [0, 0.05) is 19.8 Å². The van der Waals surface area contributed by atoms with Crippen molar-refractivity contribution >= 4 is 11.7 Å². The van der Waals surface area contributed by atoms with Gasteiger partial charge in [-0.15, -0.1) is 0 Å². The molecular formula is C19H25N3O4. The number of methoxy groups -OCH3 is 2. The largest absolute Gasteiger partial charge is 0.493 e. The van der Waals surface area contributed by atoms with Crippen LogP contribution in [0.2, 0.25) is 0 Å². The molecule has 0 atom stereocenters. The van der Waals surface area contributed by atoms with Gasteiger partial charge in [-0.05, 0) is 43.2 Å². The van der Waals surface area contributed by atoms with Crippen LogP contribution in [-0.2, 0) is 6.42 Å². The predicted octanol–water partition coefficient (Wildman–Crippen LogP) is 3.20. The van der Waals surface area contributed by atoms with Gasteiger partial charge >= 0.3 is 6.03 Å². The molecule has 0 aliphatic rings. The van der Waals surface area contributed by atoms with E-state index in [2.05, 4.69) is 10.3 Å². The van der Waals surface area contributed by atoms with Gasteiger partial charge in [0.25, 0.3) is 0 Å². The highest BCUT2D eigenvalue weighted by atomic mass is 16.5. The van der Waals surface area contributed by atoms with Crippen molar-refractivity contribution in [1.29, 1.82) is 0 Å². The normalized spacial score (nSPS) is 10.2. The number of hydrogen-bond acceptors (Lipinski definition) is 5. The topological polar surface area (TPSA) is 72.9 Å². The lowest BCUT2D eigenvalue weighted by Gasteiger charge is -2.19. The minimum atomic E-state index is -0.223. The van der Waals surface area contributed by atoms with E-state index in [1.54, 1.807) is 44.5 Å². The third-order valence-electron chi connectivity index (χ3n) is 3.82. The van der Waals surface area contributed by atoms with Crippen molar-refractivity contribution < 1.29 is 19.0 Å². The molecule has 0 unspecified atom stereocenters. The van der Waals surface area contributed by atoms with Gasteiger partial charge in [0.15, 0.2) is 11.5 Å². The first-order valence-electron chi connectivity index (χ1n) is 8.39. The Morgan fingerprint density at radius 1 is 1.19 bits per heavy atom. The van der Waals surface area contributed by atoms with E-state index in [-0.39, 0.29) is 6.03 Å². The monoisotopic (exact) mass is 359 g/mol. The van der Waals surface area contributed by atoms with Gasteiger partial charge in [-0.2, -0.15) is 0 Å². The number of pyridine rings is 1. The number of carbonyl (C=O) groups excluding carboxylic acids is 1. The number of nitrogens with zero attached hydrogens (tertiary/aromatic N) is 2. The van der Waals surface area contributed by atoms with Crippen molar-refractivity contribution in [2.75, 3.05) is 39.7 Å². The molecule has 0 aliphatic carbocycles. The van der Waals surface area contributed by atoms with Crippen LogP contribution in [0.15, 0.2) is 36.5 Å². The van der Waals surface area contributed by atoms with Crippen LogP contribution in [0.1, 0.15) is 12.5 Å². The van der Waals surface area contributed by atoms with E-state index < -0.39 is 0 Å². The number of rotatable bonds is 8. The highest BCUT2D eigenvalue weighted by molar-refractivity contribution is 5.90. The molecule has 0 radical (unpaired) electrons. The van der Waals surface area contributed by atoms with E-state index in [9.17, 15) is 4.79 Å². The number of ether oxygens (including phenoxy) is 3. The van der Waals surface area contributed by atoms with Gasteiger partial charge in [0.05, 0.1) is 20.8 Å². The maximum Gasteiger partial charge on any atom is 0.321 e. The fourth-order valence-corrected chi connectivity index (χ4v) is 2.38. The molecular weight excluding hydrogens is 334 g/mol. The summed E-state index contributed by atoms with van der Waals surface area (Å²) in [4.78, 5) is 18.1. The van der Waals surface area contributed by atoms with Crippen LogP contribution in [0, 0.1) is 0 Å². The summed E-state index contributed by atoms with van der Waals surface area (Å²) in [5.74, 6) is 1.77. The molecule has 1 heterocycles. The summed E-state index contributed by atoms with van der Waals surface area (Å²) < 4.78 is 16.0. The van der Waals surface area contributed by atoms with Gasteiger partial charge in [-0.3, -0.25) is 0 Å². The lowest BCUT2D eigenvalue weighted by molar-refractivity contribution is 0.222. The molecule has 0 saturated heterocycles. The molecule has 0 saturated carbocycles. The number of anilines is 1. The summed E-state index contributed by atoms with van der Waals surface area (Å²) in [5, 5.41) is 2.83. The first kappa shape index (κ1) is 19.4. The number of nitrogens with one attached hydrogen (secondary N) is 1. The molecule has 7 nitrogen and oxygen atoms in total. The van der Waals surface area contributed by atoms with E-state index in [1.807, 2.05) is 25.1 Å². The molecule has 1 aromatic carbocycles. The Morgan fingerprint density at radius 3 is 2.65 bits per heavy atom. The molecule has 7 heteroatoms. The Kier molecular flexibility index (Phi) is 7.08. The molecule has 26 heavy (non-hydrogen) atoms. The summed E-state index contributed by atoms with van der Waals surface area (Å²) in [5.41, 5.74) is 1.61. The van der Waals surface area contributed by atoms with Crippen molar-refractivity contribution in [2.24, 2.45) is 0 Å². The van der Waals surface area contributed by atoms with Crippen molar-refractivity contribution in [3.63, 3.8) is 0 Å². The standard InChI is InChI=1S/C19H25N3O4/c1-5-26-18-15(7-6-11-20-18)21-19(23)22(2)12-10-14-8-9-16(24-3)17(13-14)25-4/h6-9,11,13H,5,10,12H2,1-4H3,(H,21,23). The average molecular weight is 359 g/mol.